The number of aryl methyl sites for hydroxylation is 2. The molecule has 0 bridgehead atoms. The van der Waals surface area contributed by atoms with Gasteiger partial charge >= 0.3 is 0 Å². The number of sulfonamides is 1. The quantitative estimate of drug-likeness (QED) is 0.637. The summed E-state index contributed by atoms with van der Waals surface area (Å²) in [5.74, 6) is 0.629. The third-order valence-corrected chi connectivity index (χ3v) is 6.09. The van der Waals surface area contributed by atoms with Crippen LogP contribution in [0.15, 0.2) is 57.9 Å². The lowest BCUT2D eigenvalue weighted by Crippen LogP contribution is -2.22. The van der Waals surface area contributed by atoms with E-state index in [0.717, 1.165) is 15.4 Å². The summed E-state index contributed by atoms with van der Waals surface area (Å²) in [7, 11) is -0.568. The molecule has 0 aliphatic rings. The van der Waals surface area contributed by atoms with E-state index in [0.29, 0.717) is 23.8 Å². The average molecular weight is 414 g/mol. The molecular formula is C20H22N4O4S. The van der Waals surface area contributed by atoms with Gasteiger partial charge in [0.2, 0.25) is 27.6 Å². The molecule has 1 amide bonds. The molecule has 1 aromatic heterocycles. The first-order chi connectivity index (χ1) is 13.8. The number of anilines is 1. The normalized spacial score (nSPS) is 11.6. The molecule has 0 aliphatic heterocycles. The van der Waals surface area contributed by atoms with Gasteiger partial charge in [0.1, 0.15) is 0 Å². The molecule has 9 heteroatoms. The topological polar surface area (TPSA) is 105 Å². The van der Waals surface area contributed by atoms with E-state index in [9.17, 15) is 13.2 Å². The van der Waals surface area contributed by atoms with Crippen LogP contribution in [-0.2, 0) is 21.2 Å². The van der Waals surface area contributed by atoms with Crippen LogP contribution in [0.3, 0.4) is 0 Å². The van der Waals surface area contributed by atoms with E-state index in [1.54, 1.807) is 12.1 Å². The minimum Gasteiger partial charge on any atom is -0.339 e. The molecule has 0 saturated heterocycles. The van der Waals surface area contributed by atoms with Crippen LogP contribution in [0, 0.1) is 6.92 Å². The van der Waals surface area contributed by atoms with Crippen molar-refractivity contribution in [3.63, 3.8) is 0 Å². The van der Waals surface area contributed by atoms with E-state index in [1.807, 2.05) is 31.2 Å². The maximum Gasteiger partial charge on any atom is 0.242 e. The lowest BCUT2D eigenvalue weighted by atomic mass is 10.1. The summed E-state index contributed by atoms with van der Waals surface area (Å²) in [6, 6.07) is 13.8. The van der Waals surface area contributed by atoms with E-state index in [4.69, 9.17) is 4.52 Å². The zero-order chi connectivity index (χ0) is 21.0. The number of rotatable bonds is 7. The van der Waals surface area contributed by atoms with Crippen LogP contribution in [0.25, 0.3) is 11.4 Å². The number of aromatic nitrogens is 2. The Morgan fingerprint density at radius 3 is 2.34 bits per heavy atom. The van der Waals surface area contributed by atoms with Crippen LogP contribution in [0.1, 0.15) is 17.9 Å². The van der Waals surface area contributed by atoms with Gasteiger partial charge in [0.05, 0.1) is 4.90 Å². The Balaban J connectivity index is 1.56. The number of benzene rings is 2. The van der Waals surface area contributed by atoms with Gasteiger partial charge in [0.15, 0.2) is 0 Å². The van der Waals surface area contributed by atoms with E-state index in [1.165, 1.54) is 26.2 Å². The van der Waals surface area contributed by atoms with E-state index in [-0.39, 0.29) is 17.2 Å². The number of hydrogen-bond donors (Lipinski definition) is 1. The van der Waals surface area contributed by atoms with Crippen molar-refractivity contribution < 1.29 is 17.7 Å². The summed E-state index contributed by atoms with van der Waals surface area (Å²) in [6.07, 6.45) is 0.463. The van der Waals surface area contributed by atoms with Gasteiger partial charge < -0.3 is 9.84 Å². The molecular weight excluding hydrogens is 392 g/mol. The fraction of sp³-hybridized carbons (Fsp3) is 0.250. The van der Waals surface area contributed by atoms with E-state index in [2.05, 4.69) is 15.5 Å². The minimum absolute atomic E-state index is 0.160. The molecule has 2 aromatic carbocycles. The van der Waals surface area contributed by atoms with Crippen molar-refractivity contribution in [1.29, 1.82) is 0 Å². The number of nitrogens with one attached hydrogen (secondary N) is 1. The van der Waals surface area contributed by atoms with Crippen LogP contribution in [-0.4, -0.2) is 42.9 Å². The molecule has 0 radical (unpaired) electrons. The fourth-order valence-electron chi connectivity index (χ4n) is 2.54. The van der Waals surface area contributed by atoms with Crippen molar-refractivity contribution in [2.75, 3.05) is 19.4 Å². The molecule has 0 unspecified atom stereocenters. The van der Waals surface area contributed by atoms with Crippen LogP contribution in [0.5, 0.6) is 0 Å². The Labute approximate surface area is 169 Å². The molecule has 3 aromatic rings. The highest BCUT2D eigenvalue weighted by atomic mass is 32.2. The first kappa shape index (κ1) is 20.7. The minimum atomic E-state index is -3.50. The molecule has 1 N–H and O–H groups in total. The molecule has 1 heterocycles. The molecule has 0 spiro atoms. The Morgan fingerprint density at radius 1 is 1.07 bits per heavy atom. The summed E-state index contributed by atoms with van der Waals surface area (Å²) in [4.78, 5) is 16.6. The van der Waals surface area contributed by atoms with Gasteiger partial charge in [-0.05, 0) is 31.2 Å². The van der Waals surface area contributed by atoms with Gasteiger partial charge in [0, 0.05) is 38.2 Å². The van der Waals surface area contributed by atoms with Gasteiger partial charge in [-0.2, -0.15) is 4.98 Å². The summed E-state index contributed by atoms with van der Waals surface area (Å²) < 4.78 is 30.5. The number of nitrogens with zero attached hydrogens (tertiary/aromatic N) is 3. The zero-order valence-corrected chi connectivity index (χ0v) is 17.2. The van der Waals surface area contributed by atoms with Crippen molar-refractivity contribution in [1.82, 2.24) is 14.4 Å². The SMILES string of the molecule is Cc1ccc(-c2noc(CCC(=O)Nc3ccc(S(=O)(=O)N(C)C)cc3)n2)cc1. The third kappa shape index (κ3) is 5.07. The first-order valence-electron chi connectivity index (χ1n) is 8.98. The highest BCUT2D eigenvalue weighted by molar-refractivity contribution is 7.89. The zero-order valence-electron chi connectivity index (χ0n) is 16.4. The molecule has 0 fully saturated rings. The van der Waals surface area contributed by atoms with Gasteiger partial charge in [-0.3, -0.25) is 4.79 Å². The second-order valence-corrected chi connectivity index (χ2v) is 8.89. The standard InChI is InChI=1S/C20H22N4O4S/c1-14-4-6-15(7-5-14)20-22-19(28-23-20)13-12-18(25)21-16-8-10-17(11-9-16)29(26,27)24(2)3/h4-11H,12-13H2,1-3H3,(H,21,25). The van der Waals surface area contributed by atoms with Gasteiger partial charge in [-0.15, -0.1) is 0 Å². The summed E-state index contributed by atoms with van der Waals surface area (Å²) in [6.45, 7) is 2.00. The highest BCUT2D eigenvalue weighted by Crippen LogP contribution is 2.18. The maximum absolute atomic E-state index is 12.2. The Morgan fingerprint density at radius 2 is 1.72 bits per heavy atom. The van der Waals surface area contributed by atoms with Crippen LogP contribution in [0.2, 0.25) is 0 Å². The lowest BCUT2D eigenvalue weighted by Gasteiger charge is -2.11. The molecule has 3 rings (SSSR count). The van der Waals surface area contributed by atoms with Crippen molar-refractivity contribution in [2.45, 2.75) is 24.7 Å². The Hall–Kier alpha value is -3.04. The van der Waals surface area contributed by atoms with Crippen LogP contribution in [0.4, 0.5) is 5.69 Å². The van der Waals surface area contributed by atoms with Crippen molar-refractivity contribution in [3.8, 4) is 11.4 Å². The number of hydrogen-bond acceptors (Lipinski definition) is 6. The van der Waals surface area contributed by atoms with Crippen LogP contribution < -0.4 is 5.32 Å². The summed E-state index contributed by atoms with van der Waals surface area (Å²) in [5, 5.41) is 6.67. The summed E-state index contributed by atoms with van der Waals surface area (Å²) in [5.41, 5.74) is 2.50. The van der Waals surface area contributed by atoms with Gasteiger partial charge in [-0.25, -0.2) is 12.7 Å². The molecule has 152 valence electrons. The predicted octanol–water partition coefficient (Wildman–Crippen LogP) is 2.87. The monoisotopic (exact) mass is 414 g/mol. The smallest absolute Gasteiger partial charge is 0.242 e. The number of carbonyl (C=O) groups is 1. The number of amides is 1. The van der Waals surface area contributed by atoms with E-state index < -0.39 is 10.0 Å². The highest BCUT2D eigenvalue weighted by Gasteiger charge is 2.17. The van der Waals surface area contributed by atoms with E-state index >= 15 is 0 Å². The predicted molar refractivity (Wildman–Crippen MR) is 109 cm³/mol. The lowest BCUT2D eigenvalue weighted by molar-refractivity contribution is -0.116. The Bertz CT molecular complexity index is 1090. The molecule has 29 heavy (non-hydrogen) atoms. The maximum atomic E-state index is 12.2. The third-order valence-electron chi connectivity index (χ3n) is 4.26. The largest absolute Gasteiger partial charge is 0.339 e. The van der Waals surface area contributed by atoms with Gasteiger partial charge in [-0.1, -0.05) is 35.0 Å². The molecule has 8 nitrogen and oxygen atoms in total. The molecule has 0 saturated carbocycles. The number of carbonyl (C=O) groups excluding carboxylic acids is 1. The molecule has 0 aliphatic carbocycles. The second kappa shape index (κ2) is 8.54. The fourth-order valence-corrected chi connectivity index (χ4v) is 3.44. The van der Waals surface area contributed by atoms with Crippen molar-refractivity contribution >= 4 is 21.6 Å². The second-order valence-electron chi connectivity index (χ2n) is 6.74. The first-order valence-corrected chi connectivity index (χ1v) is 10.4. The average Bonchev–Trinajstić information content (AvgIpc) is 3.16. The van der Waals surface area contributed by atoms with Gasteiger partial charge in [0.25, 0.3) is 0 Å². The van der Waals surface area contributed by atoms with Crippen LogP contribution >= 0.6 is 0 Å². The summed E-state index contributed by atoms with van der Waals surface area (Å²) >= 11 is 0. The van der Waals surface area contributed by atoms with Crippen molar-refractivity contribution in [3.05, 3.63) is 60.0 Å². The molecule has 0 atom stereocenters. The Kier molecular flexibility index (Phi) is 6.09. The van der Waals surface area contributed by atoms with Crippen molar-refractivity contribution in [2.24, 2.45) is 0 Å².